The van der Waals surface area contributed by atoms with Gasteiger partial charge in [-0.15, -0.1) is 5.10 Å². The predicted molar refractivity (Wildman–Crippen MR) is 106 cm³/mol. The average molecular weight is 416 g/mol. The van der Waals surface area contributed by atoms with E-state index in [9.17, 15) is 18.4 Å². The lowest BCUT2D eigenvalue weighted by molar-refractivity contribution is -0.122. The van der Waals surface area contributed by atoms with Crippen molar-refractivity contribution in [3.8, 4) is 0 Å². The first-order valence-electron chi connectivity index (χ1n) is 9.82. The highest BCUT2D eigenvalue weighted by Crippen LogP contribution is 2.21. The van der Waals surface area contributed by atoms with E-state index >= 15 is 0 Å². The fourth-order valence-electron chi connectivity index (χ4n) is 3.62. The van der Waals surface area contributed by atoms with Crippen molar-refractivity contribution in [3.05, 3.63) is 58.1 Å². The molecular formula is C20H22F2N6O2. The maximum absolute atomic E-state index is 13.7. The number of benzene rings is 1. The van der Waals surface area contributed by atoms with Crippen LogP contribution in [0.5, 0.6) is 0 Å². The number of nitrogens with zero attached hydrogens (tertiary/aromatic N) is 5. The van der Waals surface area contributed by atoms with Crippen molar-refractivity contribution in [2.24, 2.45) is 5.92 Å². The molecular weight excluding hydrogens is 394 g/mol. The Kier molecular flexibility index (Phi) is 5.47. The Morgan fingerprint density at radius 3 is 2.90 bits per heavy atom. The average Bonchev–Trinajstić information content (AvgIpc) is 3.02. The smallest absolute Gasteiger partial charge is 0.352 e. The molecule has 1 atom stereocenters. The second-order valence-electron chi connectivity index (χ2n) is 7.60. The molecule has 0 bridgehead atoms. The number of piperidine rings is 1. The Labute approximate surface area is 171 Å². The van der Waals surface area contributed by atoms with Crippen molar-refractivity contribution in [3.63, 3.8) is 0 Å². The molecule has 1 amide bonds. The zero-order valence-corrected chi connectivity index (χ0v) is 16.5. The summed E-state index contributed by atoms with van der Waals surface area (Å²) in [7, 11) is 0. The first-order chi connectivity index (χ1) is 14.4. The third-order valence-corrected chi connectivity index (χ3v) is 5.21. The Morgan fingerprint density at radius 1 is 1.30 bits per heavy atom. The molecule has 1 aliphatic heterocycles. The molecule has 0 saturated carbocycles. The van der Waals surface area contributed by atoms with E-state index in [0.29, 0.717) is 5.92 Å². The van der Waals surface area contributed by atoms with Gasteiger partial charge >= 0.3 is 5.69 Å². The molecule has 3 heterocycles. The monoisotopic (exact) mass is 416 g/mol. The van der Waals surface area contributed by atoms with E-state index in [1.807, 2.05) is 0 Å². The van der Waals surface area contributed by atoms with Gasteiger partial charge in [-0.05, 0) is 30.9 Å². The molecule has 1 fully saturated rings. The topological polar surface area (TPSA) is 84.5 Å². The molecule has 1 saturated heterocycles. The molecule has 10 heteroatoms. The van der Waals surface area contributed by atoms with E-state index in [2.05, 4.69) is 27.2 Å². The van der Waals surface area contributed by atoms with Gasteiger partial charge < -0.3 is 10.2 Å². The second-order valence-corrected chi connectivity index (χ2v) is 7.60. The van der Waals surface area contributed by atoms with Crippen molar-refractivity contribution in [1.82, 2.24) is 24.5 Å². The van der Waals surface area contributed by atoms with Gasteiger partial charge in [0.25, 0.3) is 5.78 Å². The second kappa shape index (κ2) is 8.21. The van der Waals surface area contributed by atoms with Crippen molar-refractivity contribution < 1.29 is 13.6 Å². The van der Waals surface area contributed by atoms with Gasteiger partial charge in [0.05, 0.1) is 0 Å². The summed E-state index contributed by atoms with van der Waals surface area (Å²) in [5, 5.41) is 6.66. The fourth-order valence-corrected chi connectivity index (χ4v) is 3.62. The molecule has 3 aromatic rings. The number of halogens is 2. The zero-order chi connectivity index (χ0) is 21.3. The van der Waals surface area contributed by atoms with Gasteiger partial charge in [0.2, 0.25) is 5.91 Å². The minimum absolute atomic E-state index is 0.122. The molecule has 4 rings (SSSR count). The minimum Gasteiger partial charge on any atom is -0.356 e. The van der Waals surface area contributed by atoms with E-state index in [0.717, 1.165) is 42.1 Å². The van der Waals surface area contributed by atoms with Gasteiger partial charge in [-0.25, -0.2) is 22.7 Å². The molecule has 1 aliphatic rings. The number of carbonyl (C=O) groups excluding carboxylic acids is 1. The van der Waals surface area contributed by atoms with E-state index < -0.39 is 23.2 Å². The molecule has 1 unspecified atom stereocenters. The van der Waals surface area contributed by atoms with Crippen LogP contribution in [0.4, 0.5) is 14.6 Å². The summed E-state index contributed by atoms with van der Waals surface area (Å²) in [6.07, 6.45) is 3.88. The summed E-state index contributed by atoms with van der Waals surface area (Å²) >= 11 is 0. The van der Waals surface area contributed by atoms with E-state index in [4.69, 9.17) is 0 Å². The SMILES string of the molecule is CC1CCCN(c2ccn3c(=O)n(CC(=O)NCc4ccc(F)cc4F)nc3n2)C1. The van der Waals surface area contributed by atoms with Gasteiger partial charge in [-0.2, -0.15) is 4.98 Å². The van der Waals surface area contributed by atoms with Crippen LogP contribution in [0.3, 0.4) is 0 Å². The molecule has 158 valence electrons. The quantitative estimate of drug-likeness (QED) is 0.685. The van der Waals surface area contributed by atoms with Crippen molar-refractivity contribution >= 4 is 17.5 Å². The maximum atomic E-state index is 13.7. The number of amides is 1. The van der Waals surface area contributed by atoms with Gasteiger partial charge in [0, 0.05) is 37.5 Å². The lowest BCUT2D eigenvalue weighted by Gasteiger charge is -2.31. The maximum Gasteiger partial charge on any atom is 0.352 e. The van der Waals surface area contributed by atoms with Crippen molar-refractivity contribution in [2.75, 3.05) is 18.0 Å². The Balaban J connectivity index is 1.46. The molecule has 2 aromatic heterocycles. The summed E-state index contributed by atoms with van der Waals surface area (Å²) in [4.78, 5) is 31.3. The molecule has 8 nitrogen and oxygen atoms in total. The van der Waals surface area contributed by atoms with Crippen LogP contribution < -0.4 is 15.9 Å². The molecule has 1 N–H and O–H groups in total. The summed E-state index contributed by atoms with van der Waals surface area (Å²) in [5.74, 6) is -0.412. The van der Waals surface area contributed by atoms with Crippen LogP contribution in [0.2, 0.25) is 0 Å². The number of anilines is 1. The van der Waals surface area contributed by atoms with Gasteiger partial charge in [0.1, 0.15) is 24.0 Å². The molecule has 0 spiro atoms. The van der Waals surface area contributed by atoms with E-state index in [-0.39, 0.29) is 24.4 Å². The normalized spacial score (nSPS) is 16.8. The number of nitrogens with one attached hydrogen (secondary N) is 1. The number of aromatic nitrogens is 4. The molecule has 1 aromatic carbocycles. The lowest BCUT2D eigenvalue weighted by atomic mass is 10.0. The van der Waals surface area contributed by atoms with Crippen LogP contribution in [0, 0.1) is 17.6 Å². The Bertz CT molecular complexity index is 1140. The van der Waals surface area contributed by atoms with Crippen molar-refractivity contribution in [1.29, 1.82) is 0 Å². The number of hydrogen-bond acceptors (Lipinski definition) is 5. The number of rotatable bonds is 5. The van der Waals surface area contributed by atoms with Crippen LogP contribution in [-0.4, -0.2) is 38.2 Å². The number of carbonyl (C=O) groups is 1. The highest BCUT2D eigenvalue weighted by molar-refractivity contribution is 5.75. The highest BCUT2D eigenvalue weighted by atomic mass is 19.1. The fraction of sp³-hybridized carbons (Fsp3) is 0.400. The molecule has 0 aliphatic carbocycles. The predicted octanol–water partition coefficient (Wildman–Crippen LogP) is 1.72. The first kappa shape index (κ1) is 20.0. The van der Waals surface area contributed by atoms with E-state index in [1.54, 1.807) is 12.3 Å². The van der Waals surface area contributed by atoms with Crippen LogP contribution >= 0.6 is 0 Å². The van der Waals surface area contributed by atoms with Gasteiger partial charge in [-0.3, -0.25) is 4.79 Å². The van der Waals surface area contributed by atoms with Gasteiger partial charge in [-0.1, -0.05) is 13.0 Å². The van der Waals surface area contributed by atoms with Crippen LogP contribution in [0.1, 0.15) is 25.3 Å². The lowest BCUT2D eigenvalue weighted by Crippen LogP contribution is -2.35. The first-order valence-corrected chi connectivity index (χ1v) is 9.82. The summed E-state index contributed by atoms with van der Waals surface area (Å²) in [5.41, 5.74) is -0.339. The highest BCUT2D eigenvalue weighted by Gasteiger charge is 2.19. The minimum atomic E-state index is -0.746. The Morgan fingerprint density at radius 2 is 2.13 bits per heavy atom. The van der Waals surface area contributed by atoms with Crippen LogP contribution in [0.25, 0.3) is 5.78 Å². The largest absolute Gasteiger partial charge is 0.356 e. The number of hydrogen-bond donors (Lipinski definition) is 1. The van der Waals surface area contributed by atoms with E-state index in [1.165, 1.54) is 16.9 Å². The number of fused-ring (bicyclic) bond motifs is 1. The van der Waals surface area contributed by atoms with Crippen LogP contribution in [-0.2, 0) is 17.9 Å². The third kappa shape index (κ3) is 4.17. The van der Waals surface area contributed by atoms with Crippen LogP contribution in [0.15, 0.2) is 35.3 Å². The standard InChI is InChI=1S/C20H22F2N6O2/c1-13-3-2-7-26(11-13)17-6-8-27-19(24-17)25-28(20(27)30)12-18(29)23-10-14-4-5-15(21)9-16(14)22/h4-6,8-9,13H,2-3,7,10-12H2,1H3,(H,23,29). The van der Waals surface area contributed by atoms with Gasteiger partial charge in [0.15, 0.2) is 0 Å². The summed E-state index contributed by atoms with van der Waals surface area (Å²) < 4.78 is 28.9. The zero-order valence-electron chi connectivity index (χ0n) is 16.5. The Hall–Kier alpha value is -3.30. The molecule has 0 radical (unpaired) electrons. The third-order valence-electron chi connectivity index (χ3n) is 5.21. The van der Waals surface area contributed by atoms with Crippen molar-refractivity contribution in [2.45, 2.75) is 32.9 Å². The summed E-state index contributed by atoms with van der Waals surface area (Å²) in [6, 6.07) is 4.90. The summed E-state index contributed by atoms with van der Waals surface area (Å²) in [6.45, 7) is 3.54. The molecule has 30 heavy (non-hydrogen) atoms.